The van der Waals surface area contributed by atoms with Gasteiger partial charge in [-0.15, -0.1) is 0 Å². The van der Waals surface area contributed by atoms with E-state index in [1.165, 1.54) is 11.1 Å². The van der Waals surface area contributed by atoms with Gasteiger partial charge in [0.25, 0.3) is 0 Å². The van der Waals surface area contributed by atoms with Crippen LogP contribution >= 0.6 is 15.9 Å². The Kier molecular flexibility index (Phi) is 3.66. The van der Waals surface area contributed by atoms with Gasteiger partial charge in [-0.1, -0.05) is 6.07 Å². The van der Waals surface area contributed by atoms with Crippen LogP contribution in [0.2, 0.25) is 0 Å². The van der Waals surface area contributed by atoms with E-state index in [9.17, 15) is 0 Å². The summed E-state index contributed by atoms with van der Waals surface area (Å²) in [6.07, 6.45) is 1.01. The number of halogens is 1. The Labute approximate surface area is 127 Å². The SMILES string of the molecule is Cc1nc(Br)ccc1NC(C)c1ccc2c(c1)CCO2. The van der Waals surface area contributed by atoms with Crippen LogP contribution in [0.15, 0.2) is 34.9 Å². The van der Waals surface area contributed by atoms with Crippen LogP contribution in [0, 0.1) is 6.92 Å². The Morgan fingerprint density at radius 1 is 1.30 bits per heavy atom. The quantitative estimate of drug-likeness (QED) is 0.852. The number of ether oxygens (including phenoxy) is 1. The summed E-state index contributed by atoms with van der Waals surface area (Å²) >= 11 is 3.39. The highest BCUT2D eigenvalue weighted by atomic mass is 79.9. The minimum atomic E-state index is 0.238. The molecule has 3 rings (SSSR count). The number of nitrogens with one attached hydrogen (secondary N) is 1. The van der Waals surface area contributed by atoms with Crippen LogP contribution in [0.5, 0.6) is 5.75 Å². The number of hydrogen-bond donors (Lipinski definition) is 1. The average Bonchev–Trinajstić information content (AvgIpc) is 2.89. The number of fused-ring (bicyclic) bond motifs is 1. The van der Waals surface area contributed by atoms with E-state index in [4.69, 9.17) is 4.74 Å². The van der Waals surface area contributed by atoms with Gasteiger partial charge >= 0.3 is 0 Å². The first-order valence-electron chi connectivity index (χ1n) is 6.79. The van der Waals surface area contributed by atoms with Gasteiger partial charge in [-0.3, -0.25) is 0 Å². The molecule has 0 saturated heterocycles. The van der Waals surface area contributed by atoms with Crippen molar-refractivity contribution in [2.45, 2.75) is 26.3 Å². The fourth-order valence-corrected chi connectivity index (χ4v) is 2.87. The third-order valence-electron chi connectivity index (χ3n) is 3.64. The van der Waals surface area contributed by atoms with Gasteiger partial charge in [-0.05, 0) is 65.2 Å². The summed E-state index contributed by atoms with van der Waals surface area (Å²) in [5.74, 6) is 1.03. The van der Waals surface area contributed by atoms with Crippen molar-refractivity contribution < 1.29 is 4.74 Å². The highest BCUT2D eigenvalue weighted by Gasteiger charge is 2.15. The maximum absolute atomic E-state index is 5.55. The molecule has 4 heteroatoms. The molecule has 1 aromatic carbocycles. The molecule has 2 aromatic rings. The van der Waals surface area contributed by atoms with Crippen molar-refractivity contribution >= 4 is 21.6 Å². The van der Waals surface area contributed by atoms with Crippen molar-refractivity contribution in [3.63, 3.8) is 0 Å². The van der Waals surface area contributed by atoms with E-state index in [0.29, 0.717) is 0 Å². The average molecular weight is 333 g/mol. The Morgan fingerprint density at radius 2 is 2.15 bits per heavy atom. The molecule has 1 aliphatic rings. The van der Waals surface area contributed by atoms with Crippen LogP contribution in [0.3, 0.4) is 0 Å². The Balaban J connectivity index is 1.80. The van der Waals surface area contributed by atoms with Crippen LogP contribution in [0.1, 0.15) is 29.8 Å². The second-order valence-corrected chi connectivity index (χ2v) is 5.91. The molecule has 0 fully saturated rings. The summed E-state index contributed by atoms with van der Waals surface area (Å²) in [4.78, 5) is 4.41. The molecule has 0 amide bonds. The molecule has 104 valence electrons. The minimum absolute atomic E-state index is 0.238. The van der Waals surface area contributed by atoms with Gasteiger partial charge in [0.1, 0.15) is 10.4 Å². The van der Waals surface area contributed by atoms with Crippen molar-refractivity contribution in [1.82, 2.24) is 4.98 Å². The fraction of sp³-hybridized carbons (Fsp3) is 0.312. The Hall–Kier alpha value is -1.55. The molecule has 20 heavy (non-hydrogen) atoms. The molecule has 1 atom stereocenters. The van der Waals surface area contributed by atoms with E-state index >= 15 is 0 Å². The van der Waals surface area contributed by atoms with Gasteiger partial charge in [-0.25, -0.2) is 4.98 Å². The van der Waals surface area contributed by atoms with Gasteiger partial charge < -0.3 is 10.1 Å². The molecular formula is C16H17BrN2O. The van der Waals surface area contributed by atoms with Crippen molar-refractivity contribution in [2.75, 3.05) is 11.9 Å². The zero-order valence-corrected chi connectivity index (χ0v) is 13.2. The predicted octanol–water partition coefficient (Wildman–Crippen LogP) is 4.26. The van der Waals surface area contributed by atoms with Gasteiger partial charge in [-0.2, -0.15) is 0 Å². The second-order valence-electron chi connectivity index (χ2n) is 5.10. The van der Waals surface area contributed by atoms with Crippen LogP contribution in [-0.2, 0) is 6.42 Å². The molecule has 1 aliphatic heterocycles. The van der Waals surface area contributed by atoms with E-state index in [0.717, 1.165) is 34.8 Å². The summed E-state index contributed by atoms with van der Waals surface area (Å²) in [5, 5.41) is 3.52. The molecule has 2 heterocycles. The lowest BCUT2D eigenvalue weighted by Gasteiger charge is -2.17. The molecule has 0 saturated carbocycles. The minimum Gasteiger partial charge on any atom is -0.493 e. The Bertz CT molecular complexity index is 642. The number of pyridine rings is 1. The summed E-state index contributed by atoms with van der Waals surface area (Å²) in [6, 6.07) is 10.7. The van der Waals surface area contributed by atoms with Crippen molar-refractivity contribution in [3.8, 4) is 5.75 Å². The van der Waals surface area contributed by atoms with Crippen molar-refractivity contribution in [3.05, 3.63) is 51.8 Å². The van der Waals surface area contributed by atoms with Crippen LogP contribution in [-0.4, -0.2) is 11.6 Å². The van der Waals surface area contributed by atoms with E-state index in [1.54, 1.807) is 0 Å². The highest BCUT2D eigenvalue weighted by Crippen LogP contribution is 2.29. The smallest absolute Gasteiger partial charge is 0.122 e. The maximum atomic E-state index is 5.55. The summed E-state index contributed by atoms with van der Waals surface area (Å²) in [7, 11) is 0. The van der Waals surface area contributed by atoms with E-state index in [2.05, 4.69) is 57.4 Å². The van der Waals surface area contributed by atoms with E-state index in [1.807, 2.05) is 13.0 Å². The number of aromatic nitrogens is 1. The first-order chi connectivity index (χ1) is 9.63. The third-order valence-corrected chi connectivity index (χ3v) is 4.08. The first-order valence-corrected chi connectivity index (χ1v) is 7.58. The fourth-order valence-electron chi connectivity index (χ4n) is 2.48. The molecule has 3 nitrogen and oxygen atoms in total. The Morgan fingerprint density at radius 3 is 2.95 bits per heavy atom. The highest BCUT2D eigenvalue weighted by molar-refractivity contribution is 9.10. The van der Waals surface area contributed by atoms with Crippen LogP contribution in [0.4, 0.5) is 5.69 Å². The number of aryl methyl sites for hydroxylation is 1. The molecule has 0 spiro atoms. The number of benzene rings is 1. The van der Waals surface area contributed by atoms with Gasteiger partial charge in [0.15, 0.2) is 0 Å². The lowest BCUT2D eigenvalue weighted by Crippen LogP contribution is -2.08. The first kappa shape index (κ1) is 13.4. The van der Waals surface area contributed by atoms with E-state index < -0.39 is 0 Å². The van der Waals surface area contributed by atoms with Crippen LogP contribution < -0.4 is 10.1 Å². The molecule has 0 aliphatic carbocycles. The predicted molar refractivity (Wildman–Crippen MR) is 84.4 cm³/mol. The van der Waals surface area contributed by atoms with Crippen LogP contribution in [0.25, 0.3) is 0 Å². The number of anilines is 1. The lowest BCUT2D eigenvalue weighted by molar-refractivity contribution is 0.357. The topological polar surface area (TPSA) is 34.2 Å². The van der Waals surface area contributed by atoms with Gasteiger partial charge in [0, 0.05) is 12.5 Å². The standard InChI is InChI=1S/C16H17BrN2O/c1-10(18-14-4-6-16(17)19-11(14)2)12-3-5-15-13(9-12)7-8-20-15/h3-6,9-10,18H,7-8H2,1-2H3. The molecule has 0 radical (unpaired) electrons. The summed E-state index contributed by atoms with van der Waals surface area (Å²) in [5.41, 5.74) is 4.64. The monoisotopic (exact) mass is 332 g/mol. The molecule has 1 aromatic heterocycles. The van der Waals surface area contributed by atoms with E-state index in [-0.39, 0.29) is 6.04 Å². The normalized spacial score (nSPS) is 14.6. The molecular weight excluding hydrogens is 316 g/mol. The second kappa shape index (κ2) is 5.44. The number of rotatable bonds is 3. The van der Waals surface area contributed by atoms with Gasteiger partial charge in [0.2, 0.25) is 0 Å². The molecule has 1 unspecified atom stereocenters. The summed E-state index contributed by atoms with van der Waals surface area (Å²) in [6.45, 7) is 4.98. The van der Waals surface area contributed by atoms with Gasteiger partial charge in [0.05, 0.1) is 18.0 Å². The molecule has 1 N–H and O–H groups in total. The largest absolute Gasteiger partial charge is 0.493 e. The summed E-state index contributed by atoms with van der Waals surface area (Å²) < 4.78 is 6.41. The number of nitrogens with zero attached hydrogens (tertiary/aromatic N) is 1. The maximum Gasteiger partial charge on any atom is 0.122 e. The number of hydrogen-bond acceptors (Lipinski definition) is 3. The lowest BCUT2D eigenvalue weighted by atomic mass is 10.0. The van der Waals surface area contributed by atoms with Crippen molar-refractivity contribution in [1.29, 1.82) is 0 Å². The van der Waals surface area contributed by atoms with Crippen molar-refractivity contribution in [2.24, 2.45) is 0 Å². The zero-order valence-electron chi connectivity index (χ0n) is 11.6. The third kappa shape index (κ3) is 2.66. The zero-order chi connectivity index (χ0) is 14.1. The molecule has 0 bridgehead atoms.